The molecule has 3 aromatic carbocycles. The third kappa shape index (κ3) is 2.66. The second kappa shape index (κ2) is 6.33. The van der Waals surface area contributed by atoms with Gasteiger partial charge >= 0.3 is 0 Å². The smallest absolute Gasteiger partial charge is 0.00574 e. The Morgan fingerprint density at radius 2 is 1.37 bits per heavy atom. The van der Waals surface area contributed by atoms with Crippen LogP contribution in [0.2, 0.25) is 0 Å². The first-order valence-electron chi connectivity index (χ1n) is 12.0. The summed E-state index contributed by atoms with van der Waals surface area (Å²) in [4.78, 5) is 0. The van der Waals surface area contributed by atoms with E-state index in [0.717, 1.165) is 17.8 Å². The van der Waals surface area contributed by atoms with Crippen molar-refractivity contribution in [1.82, 2.24) is 0 Å². The third-order valence-electron chi connectivity index (χ3n) is 8.81. The van der Waals surface area contributed by atoms with E-state index in [1.165, 1.54) is 59.6 Å². The number of fused-ring (bicyclic) bond motifs is 2. The molecule has 0 unspecified atom stereocenters. The van der Waals surface area contributed by atoms with E-state index >= 15 is 0 Å². The minimum absolute atomic E-state index is 0.641. The average molecular weight is 391 g/mol. The molecule has 4 fully saturated rings. The summed E-state index contributed by atoms with van der Waals surface area (Å²) in [5, 5.41) is 2.71. The Balaban J connectivity index is 1.26. The van der Waals surface area contributed by atoms with Crippen LogP contribution >= 0.6 is 0 Å². The van der Waals surface area contributed by atoms with E-state index in [1.807, 2.05) is 0 Å². The Hall–Kier alpha value is -2.34. The van der Waals surface area contributed by atoms with Crippen LogP contribution in [0.5, 0.6) is 0 Å². The first-order valence-corrected chi connectivity index (χ1v) is 12.0. The molecule has 4 bridgehead atoms. The van der Waals surface area contributed by atoms with Crippen LogP contribution in [0.25, 0.3) is 28.0 Å². The molecule has 0 saturated heterocycles. The van der Waals surface area contributed by atoms with Gasteiger partial charge in [-0.2, -0.15) is 0 Å². The summed E-state index contributed by atoms with van der Waals surface area (Å²) in [5.41, 5.74) is 8.19. The second-order valence-electron chi connectivity index (χ2n) is 11.0. The van der Waals surface area contributed by atoms with E-state index in [2.05, 4.69) is 66.7 Å². The van der Waals surface area contributed by atoms with Crippen LogP contribution in [0, 0.1) is 23.2 Å². The van der Waals surface area contributed by atoms with Gasteiger partial charge in [0.1, 0.15) is 0 Å². The van der Waals surface area contributed by atoms with Crippen molar-refractivity contribution >= 4 is 16.8 Å². The highest BCUT2D eigenvalue weighted by Gasteiger charge is 2.50. The number of benzene rings is 3. The minimum atomic E-state index is 0.641. The van der Waals surface area contributed by atoms with Crippen molar-refractivity contribution in [1.29, 1.82) is 0 Å². The topological polar surface area (TPSA) is 0 Å². The lowest BCUT2D eigenvalue weighted by atomic mass is 9.48. The molecule has 0 radical (unpaired) electrons. The van der Waals surface area contributed by atoms with Crippen LogP contribution in [0.3, 0.4) is 0 Å². The molecule has 0 nitrogen and oxygen atoms in total. The predicted octanol–water partition coefficient (Wildman–Crippen LogP) is 8.05. The molecule has 5 aliphatic carbocycles. The Morgan fingerprint density at radius 1 is 0.700 bits per heavy atom. The van der Waals surface area contributed by atoms with Gasteiger partial charge in [-0.3, -0.25) is 0 Å². The molecule has 0 aromatic heterocycles. The molecule has 0 spiro atoms. The maximum Gasteiger partial charge on any atom is -0.00574 e. The van der Waals surface area contributed by atoms with Crippen molar-refractivity contribution in [3.63, 3.8) is 0 Å². The fourth-order valence-electron chi connectivity index (χ4n) is 8.23. The van der Waals surface area contributed by atoms with E-state index in [9.17, 15) is 0 Å². The zero-order chi connectivity index (χ0) is 19.7. The van der Waals surface area contributed by atoms with Crippen LogP contribution in [0.4, 0.5) is 0 Å². The Labute approximate surface area is 180 Å². The Morgan fingerprint density at radius 3 is 2.17 bits per heavy atom. The lowest BCUT2D eigenvalue weighted by Crippen LogP contribution is -2.46. The number of allylic oxidation sites excluding steroid dienone is 1. The summed E-state index contributed by atoms with van der Waals surface area (Å²) in [6.07, 6.45) is 14.3. The van der Waals surface area contributed by atoms with E-state index in [1.54, 1.807) is 30.4 Å². The van der Waals surface area contributed by atoms with Crippen LogP contribution < -0.4 is 0 Å². The van der Waals surface area contributed by atoms with Gasteiger partial charge in [0.25, 0.3) is 0 Å². The molecule has 0 heterocycles. The predicted molar refractivity (Wildman–Crippen MR) is 126 cm³/mol. The lowest BCUT2D eigenvalue weighted by Gasteiger charge is -2.57. The first-order chi connectivity index (χ1) is 14.7. The van der Waals surface area contributed by atoms with Gasteiger partial charge in [0.2, 0.25) is 0 Å². The maximum absolute atomic E-state index is 2.59. The second-order valence-corrected chi connectivity index (χ2v) is 11.0. The van der Waals surface area contributed by atoms with Crippen molar-refractivity contribution < 1.29 is 0 Å². The van der Waals surface area contributed by atoms with Crippen LogP contribution in [-0.4, -0.2) is 0 Å². The molecule has 0 heteroatoms. The van der Waals surface area contributed by atoms with Crippen molar-refractivity contribution in [2.75, 3.05) is 0 Å². The van der Waals surface area contributed by atoms with Gasteiger partial charge < -0.3 is 0 Å². The highest BCUT2D eigenvalue weighted by Crippen LogP contribution is 2.62. The Kier molecular flexibility index (Phi) is 3.66. The number of rotatable bonds is 3. The van der Waals surface area contributed by atoms with E-state index in [4.69, 9.17) is 0 Å². The molecule has 0 atom stereocenters. The van der Waals surface area contributed by atoms with E-state index in [-0.39, 0.29) is 0 Å². The monoisotopic (exact) mass is 390 g/mol. The molecular weight excluding hydrogens is 360 g/mol. The van der Waals surface area contributed by atoms with Crippen molar-refractivity contribution in [3.05, 3.63) is 77.4 Å². The molecule has 150 valence electrons. The summed E-state index contributed by atoms with van der Waals surface area (Å²) >= 11 is 0. The van der Waals surface area contributed by atoms with Gasteiger partial charge in [0.15, 0.2) is 0 Å². The maximum atomic E-state index is 2.59. The van der Waals surface area contributed by atoms with Crippen LogP contribution in [0.1, 0.15) is 56.1 Å². The molecule has 8 rings (SSSR count). The summed E-state index contributed by atoms with van der Waals surface area (Å²) < 4.78 is 0. The van der Waals surface area contributed by atoms with E-state index < -0.39 is 0 Å². The number of hydrogen-bond acceptors (Lipinski definition) is 0. The highest BCUT2D eigenvalue weighted by atomic mass is 14.6. The van der Waals surface area contributed by atoms with Crippen molar-refractivity contribution in [3.8, 4) is 11.1 Å². The molecule has 0 amide bonds. The molecule has 0 N–H and O–H groups in total. The van der Waals surface area contributed by atoms with Gasteiger partial charge in [0.05, 0.1) is 0 Å². The normalized spacial score (nSPS) is 31.2. The molecule has 5 aliphatic rings. The Bertz CT molecular complexity index is 1140. The fourth-order valence-corrected chi connectivity index (χ4v) is 8.23. The lowest BCUT2D eigenvalue weighted by molar-refractivity contribution is -0.0521. The van der Waals surface area contributed by atoms with Gasteiger partial charge in [-0.25, -0.2) is 0 Å². The quantitative estimate of drug-likeness (QED) is 0.424. The fraction of sp³-hybridized carbons (Fsp3) is 0.400. The van der Waals surface area contributed by atoms with Crippen molar-refractivity contribution in [2.45, 2.75) is 51.4 Å². The molecule has 3 aromatic rings. The largest absolute Gasteiger partial charge is 0.0646 e. The summed E-state index contributed by atoms with van der Waals surface area (Å²) in [6, 6.07) is 22.6. The minimum Gasteiger partial charge on any atom is -0.0646 e. The molecule has 30 heavy (non-hydrogen) atoms. The zero-order valence-electron chi connectivity index (χ0n) is 17.7. The van der Waals surface area contributed by atoms with E-state index in [0.29, 0.717) is 5.41 Å². The molecular formula is C30H30. The SMILES string of the molecule is C1=C(CC23CC4CC(CC(C4)C2)C3)Cc2cccc(-c3cccc4ccccc34)c21. The molecule has 0 aliphatic heterocycles. The van der Waals surface area contributed by atoms with Gasteiger partial charge in [-0.1, -0.05) is 72.3 Å². The highest BCUT2D eigenvalue weighted by molar-refractivity contribution is 5.99. The summed E-state index contributed by atoms with van der Waals surface area (Å²) in [6.45, 7) is 0. The third-order valence-corrected chi connectivity index (χ3v) is 8.81. The van der Waals surface area contributed by atoms with Crippen molar-refractivity contribution in [2.24, 2.45) is 23.2 Å². The van der Waals surface area contributed by atoms with Gasteiger partial charge in [-0.15, -0.1) is 0 Å². The van der Waals surface area contributed by atoms with Crippen LogP contribution in [0.15, 0.2) is 66.2 Å². The summed E-state index contributed by atoms with van der Waals surface area (Å²) in [7, 11) is 0. The molecule has 4 saturated carbocycles. The standard InChI is InChI=1S/C30H30/c1-2-8-26-24(5-1)6-3-9-27(26)28-10-4-7-25-14-23(15-29(25)28)19-30-16-20-11-21(17-30)13-22(12-20)18-30/h1-10,15,20-22H,11-14,16-19H2. The zero-order valence-corrected chi connectivity index (χ0v) is 17.7. The van der Waals surface area contributed by atoms with Gasteiger partial charge in [0, 0.05) is 0 Å². The van der Waals surface area contributed by atoms with Gasteiger partial charge in [-0.05, 0) is 108 Å². The average Bonchev–Trinajstić information content (AvgIpc) is 3.14. The van der Waals surface area contributed by atoms with Crippen LogP contribution in [-0.2, 0) is 6.42 Å². The number of hydrogen-bond donors (Lipinski definition) is 0. The summed E-state index contributed by atoms with van der Waals surface area (Å²) in [5.74, 6) is 3.14. The first kappa shape index (κ1) is 17.4.